The van der Waals surface area contributed by atoms with Crippen molar-refractivity contribution in [3.8, 4) is 0 Å². The fraction of sp³-hybridized carbons (Fsp3) is 0.150. The van der Waals surface area contributed by atoms with Crippen molar-refractivity contribution in [2.24, 2.45) is 0 Å². The van der Waals surface area contributed by atoms with Crippen LogP contribution in [-0.4, -0.2) is 15.5 Å². The molecule has 0 aliphatic carbocycles. The highest BCUT2D eigenvalue weighted by atomic mass is 16.1. The number of anilines is 1. The highest BCUT2D eigenvalue weighted by molar-refractivity contribution is 6.10. The summed E-state index contributed by atoms with van der Waals surface area (Å²) in [6.07, 6.45) is 3.94. The molecular weight excluding hydrogens is 298 g/mol. The lowest BCUT2D eigenvalue weighted by atomic mass is 10.1. The van der Waals surface area contributed by atoms with E-state index in [4.69, 9.17) is 0 Å². The first kappa shape index (κ1) is 14.6. The molecular formula is C20H19N3O. The van der Waals surface area contributed by atoms with Gasteiger partial charge in [-0.25, -0.2) is 0 Å². The number of H-pyrrole nitrogens is 1. The summed E-state index contributed by atoms with van der Waals surface area (Å²) in [5.41, 5.74) is 3.57. The van der Waals surface area contributed by atoms with Gasteiger partial charge in [-0.15, -0.1) is 0 Å². The maximum Gasteiger partial charge on any atom is 0.255 e. The van der Waals surface area contributed by atoms with Gasteiger partial charge in [-0.05, 0) is 55.6 Å². The van der Waals surface area contributed by atoms with E-state index < -0.39 is 0 Å². The Hall–Kier alpha value is -3.01. The van der Waals surface area contributed by atoms with E-state index in [0.717, 1.165) is 27.5 Å². The van der Waals surface area contributed by atoms with Crippen LogP contribution in [-0.2, 0) is 0 Å². The van der Waals surface area contributed by atoms with Crippen LogP contribution < -0.4 is 5.32 Å². The maximum atomic E-state index is 12.7. The monoisotopic (exact) mass is 317 g/mol. The lowest BCUT2D eigenvalue weighted by molar-refractivity contribution is 0.102. The summed E-state index contributed by atoms with van der Waals surface area (Å²) in [6, 6.07) is 16.1. The summed E-state index contributed by atoms with van der Waals surface area (Å²) < 4.78 is 2.18. The second kappa shape index (κ2) is 5.57. The number of aromatic amines is 1. The fourth-order valence-corrected chi connectivity index (χ4v) is 3.13. The molecule has 0 fully saturated rings. The van der Waals surface area contributed by atoms with Crippen LogP contribution in [0.25, 0.3) is 21.8 Å². The van der Waals surface area contributed by atoms with Gasteiger partial charge in [-0.1, -0.05) is 12.1 Å². The van der Waals surface area contributed by atoms with Crippen LogP contribution in [0.4, 0.5) is 5.69 Å². The average molecular weight is 317 g/mol. The first-order valence-corrected chi connectivity index (χ1v) is 8.11. The van der Waals surface area contributed by atoms with Crippen LogP contribution in [0.1, 0.15) is 30.2 Å². The molecule has 0 bridgehead atoms. The van der Waals surface area contributed by atoms with Crippen LogP contribution in [0, 0.1) is 0 Å². The molecule has 0 spiro atoms. The Morgan fingerprint density at radius 2 is 2.00 bits per heavy atom. The molecule has 0 aliphatic heterocycles. The summed E-state index contributed by atoms with van der Waals surface area (Å²) in [6.45, 7) is 4.28. The molecule has 2 aromatic heterocycles. The fourth-order valence-electron chi connectivity index (χ4n) is 3.13. The number of fused-ring (bicyclic) bond motifs is 2. The van der Waals surface area contributed by atoms with Crippen LogP contribution in [0.2, 0.25) is 0 Å². The summed E-state index contributed by atoms with van der Waals surface area (Å²) >= 11 is 0. The molecule has 0 saturated carbocycles. The Morgan fingerprint density at radius 1 is 1.12 bits per heavy atom. The van der Waals surface area contributed by atoms with Crippen molar-refractivity contribution in [3.05, 3.63) is 66.5 Å². The number of amides is 1. The van der Waals surface area contributed by atoms with Crippen molar-refractivity contribution in [3.63, 3.8) is 0 Å². The van der Waals surface area contributed by atoms with Crippen LogP contribution in [0.5, 0.6) is 0 Å². The van der Waals surface area contributed by atoms with Gasteiger partial charge in [0.15, 0.2) is 0 Å². The second-order valence-electron chi connectivity index (χ2n) is 6.29. The third kappa shape index (κ3) is 2.36. The van der Waals surface area contributed by atoms with Gasteiger partial charge in [0, 0.05) is 40.4 Å². The van der Waals surface area contributed by atoms with Crippen LogP contribution >= 0.6 is 0 Å². The summed E-state index contributed by atoms with van der Waals surface area (Å²) in [5, 5.41) is 5.18. The first-order valence-electron chi connectivity index (χ1n) is 8.11. The van der Waals surface area contributed by atoms with E-state index in [-0.39, 0.29) is 5.91 Å². The zero-order chi connectivity index (χ0) is 16.7. The molecule has 0 unspecified atom stereocenters. The Morgan fingerprint density at radius 3 is 2.83 bits per heavy atom. The van der Waals surface area contributed by atoms with E-state index >= 15 is 0 Å². The van der Waals surface area contributed by atoms with Crippen molar-refractivity contribution in [1.82, 2.24) is 9.55 Å². The molecule has 4 aromatic rings. The van der Waals surface area contributed by atoms with Crippen LogP contribution in [0.3, 0.4) is 0 Å². The van der Waals surface area contributed by atoms with E-state index in [9.17, 15) is 4.79 Å². The molecule has 24 heavy (non-hydrogen) atoms. The van der Waals surface area contributed by atoms with Crippen molar-refractivity contribution in [2.75, 3.05) is 5.32 Å². The second-order valence-corrected chi connectivity index (χ2v) is 6.29. The predicted molar refractivity (Wildman–Crippen MR) is 98.6 cm³/mol. The molecule has 4 nitrogen and oxygen atoms in total. The molecule has 2 aromatic carbocycles. The lowest BCUT2D eigenvalue weighted by Gasteiger charge is -2.11. The standard InChI is InChI=1S/C20H19N3O/c1-13(2)23-11-9-14-6-7-15(12-19(14)23)20(24)22-18-5-3-4-17-16(18)8-10-21-17/h3-13,21H,1-2H3,(H,22,24). The topological polar surface area (TPSA) is 49.8 Å². The normalized spacial score (nSPS) is 11.5. The SMILES string of the molecule is CC(C)n1ccc2ccc(C(=O)Nc3cccc4[nH]ccc34)cc21. The summed E-state index contributed by atoms with van der Waals surface area (Å²) in [4.78, 5) is 15.9. The smallest absolute Gasteiger partial charge is 0.255 e. The quantitative estimate of drug-likeness (QED) is 0.551. The molecule has 2 heterocycles. The zero-order valence-electron chi connectivity index (χ0n) is 13.7. The van der Waals surface area contributed by atoms with Crippen molar-refractivity contribution in [2.45, 2.75) is 19.9 Å². The average Bonchev–Trinajstić information content (AvgIpc) is 3.21. The van der Waals surface area contributed by atoms with E-state index in [1.54, 1.807) is 0 Å². The minimum atomic E-state index is -0.0953. The Labute approximate surface area is 140 Å². The zero-order valence-corrected chi connectivity index (χ0v) is 13.7. The largest absolute Gasteiger partial charge is 0.361 e. The summed E-state index contributed by atoms with van der Waals surface area (Å²) in [5.74, 6) is -0.0953. The van der Waals surface area contributed by atoms with Crippen molar-refractivity contribution < 1.29 is 4.79 Å². The van der Waals surface area contributed by atoms with E-state index in [0.29, 0.717) is 11.6 Å². The lowest BCUT2D eigenvalue weighted by Crippen LogP contribution is -2.12. The third-order valence-corrected chi connectivity index (χ3v) is 4.38. The summed E-state index contributed by atoms with van der Waals surface area (Å²) in [7, 11) is 0. The molecule has 120 valence electrons. The highest BCUT2D eigenvalue weighted by Crippen LogP contribution is 2.24. The first-order chi connectivity index (χ1) is 11.6. The molecule has 1 amide bonds. The molecule has 4 heteroatoms. The maximum absolute atomic E-state index is 12.7. The number of nitrogens with one attached hydrogen (secondary N) is 2. The molecule has 0 radical (unpaired) electrons. The van der Waals surface area contributed by atoms with E-state index in [2.05, 4.69) is 41.0 Å². The van der Waals surface area contributed by atoms with Crippen molar-refractivity contribution >= 4 is 33.4 Å². The van der Waals surface area contributed by atoms with E-state index in [1.165, 1.54) is 0 Å². The minimum absolute atomic E-state index is 0.0953. The Bertz CT molecular complexity index is 1040. The van der Waals surface area contributed by atoms with Gasteiger partial charge in [-0.3, -0.25) is 4.79 Å². The van der Waals surface area contributed by atoms with Crippen LogP contribution in [0.15, 0.2) is 60.9 Å². The van der Waals surface area contributed by atoms with Gasteiger partial charge < -0.3 is 14.9 Å². The van der Waals surface area contributed by atoms with Gasteiger partial charge in [0.1, 0.15) is 0 Å². The number of benzene rings is 2. The minimum Gasteiger partial charge on any atom is -0.361 e. The van der Waals surface area contributed by atoms with E-state index in [1.807, 2.05) is 48.7 Å². The van der Waals surface area contributed by atoms with Gasteiger partial charge in [-0.2, -0.15) is 0 Å². The molecule has 0 aliphatic rings. The third-order valence-electron chi connectivity index (χ3n) is 4.38. The molecule has 4 rings (SSSR count). The molecule has 2 N–H and O–H groups in total. The van der Waals surface area contributed by atoms with Gasteiger partial charge in [0.05, 0.1) is 5.69 Å². The predicted octanol–water partition coefficient (Wildman–Crippen LogP) is 4.96. The molecule has 0 saturated heterocycles. The number of nitrogens with zero attached hydrogens (tertiary/aromatic N) is 1. The number of aromatic nitrogens is 2. The highest BCUT2D eigenvalue weighted by Gasteiger charge is 2.11. The number of rotatable bonds is 3. The number of hydrogen-bond donors (Lipinski definition) is 2. The number of carbonyl (C=O) groups is 1. The van der Waals surface area contributed by atoms with Crippen molar-refractivity contribution in [1.29, 1.82) is 0 Å². The number of carbonyl (C=O) groups excluding carboxylic acids is 1. The van der Waals surface area contributed by atoms with Gasteiger partial charge in [0.25, 0.3) is 5.91 Å². The van der Waals surface area contributed by atoms with Gasteiger partial charge in [0.2, 0.25) is 0 Å². The number of hydrogen-bond acceptors (Lipinski definition) is 1. The van der Waals surface area contributed by atoms with Gasteiger partial charge >= 0.3 is 0 Å². The molecule has 0 atom stereocenters. The Kier molecular flexibility index (Phi) is 3.38. The Balaban J connectivity index is 1.70.